The van der Waals surface area contributed by atoms with Gasteiger partial charge in [0, 0.05) is 10.6 Å². The number of aryl methyl sites for hydroxylation is 1. The molecule has 0 amide bonds. The number of thiocarbonyl (C=S) groups is 1. The molecule has 0 fully saturated rings. The Bertz CT molecular complexity index is 880. The zero-order chi connectivity index (χ0) is 20.1. The molecule has 0 saturated heterocycles. The summed E-state index contributed by atoms with van der Waals surface area (Å²) in [6.07, 6.45) is 1.36. The number of benzene rings is 1. The third-order valence-corrected chi connectivity index (χ3v) is 5.72. The second-order valence-electron chi connectivity index (χ2n) is 6.15. The van der Waals surface area contributed by atoms with Crippen molar-refractivity contribution in [3.05, 3.63) is 46.3 Å². The first-order chi connectivity index (χ1) is 13.5. The van der Waals surface area contributed by atoms with Crippen molar-refractivity contribution in [3.8, 4) is 0 Å². The summed E-state index contributed by atoms with van der Waals surface area (Å²) < 4.78 is 10.5. The molecule has 8 heteroatoms. The van der Waals surface area contributed by atoms with Crippen LogP contribution in [0.25, 0.3) is 0 Å². The SMILES string of the molecule is CCOC(=O)c1c(NC(=S)Nc2ccccc2)sc2c1C(C(=O)OCC)CC2. The van der Waals surface area contributed by atoms with Crippen LogP contribution >= 0.6 is 23.6 Å². The number of para-hydroxylation sites is 1. The standard InChI is InChI=1S/C20H22N2O4S2/c1-3-25-18(23)13-10-11-14-15(13)16(19(24)26-4-2)17(28-14)22-20(27)21-12-8-6-5-7-9-12/h5-9,13H,3-4,10-11H2,1-2H3,(H2,21,22,27). The van der Waals surface area contributed by atoms with Gasteiger partial charge in [0.2, 0.25) is 0 Å². The van der Waals surface area contributed by atoms with Crippen LogP contribution in [0, 0.1) is 0 Å². The van der Waals surface area contributed by atoms with Crippen LogP contribution in [0.5, 0.6) is 0 Å². The molecule has 0 radical (unpaired) electrons. The number of fused-ring (bicyclic) bond motifs is 1. The van der Waals surface area contributed by atoms with Crippen molar-refractivity contribution in [2.45, 2.75) is 32.6 Å². The van der Waals surface area contributed by atoms with E-state index in [2.05, 4.69) is 10.6 Å². The maximum absolute atomic E-state index is 12.7. The predicted octanol–water partition coefficient (Wildman–Crippen LogP) is 4.33. The fourth-order valence-electron chi connectivity index (χ4n) is 3.22. The first-order valence-electron chi connectivity index (χ1n) is 9.17. The summed E-state index contributed by atoms with van der Waals surface area (Å²) in [5.41, 5.74) is 1.94. The number of carbonyl (C=O) groups is 2. The van der Waals surface area contributed by atoms with Gasteiger partial charge in [0.05, 0.1) is 24.7 Å². The molecule has 1 aliphatic carbocycles. The average molecular weight is 419 g/mol. The van der Waals surface area contributed by atoms with Gasteiger partial charge in [0.25, 0.3) is 0 Å². The van der Waals surface area contributed by atoms with Gasteiger partial charge in [0.15, 0.2) is 5.11 Å². The zero-order valence-corrected chi connectivity index (χ0v) is 17.4. The summed E-state index contributed by atoms with van der Waals surface area (Å²) in [5, 5.41) is 7.15. The third-order valence-electron chi connectivity index (χ3n) is 4.34. The van der Waals surface area contributed by atoms with Crippen LogP contribution < -0.4 is 10.6 Å². The van der Waals surface area contributed by atoms with E-state index in [-0.39, 0.29) is 12.6 Å². The molecule has 0 spiro atoms. The Balaban J connectivity index is 1.89. The molecule has 1 atom stereocenters. The van der Waals surface area contributed by atoms with Gasteiger partial charge < -0.3 is 20.1 Å². The number of hydrogen-bond donors (Lipinski definition) is 2. The van der Waals surface area contributed by atoms with Crippen molar-refractivity contribution < 1.29 is 19.1 Å². The van der Waals surface area contributed by atoms with Crippen molar-refractivity contribution in [3.63, 3.8) is 0 Å². The lowest BCUT2D eigenvalue weighted by Crippen LogP contribution is -2.21. The molecule has 0 aliphatic heterocycles. The molecule has 3 rings (SSSR count). The van der Waals surface area contributed by atoms with E-state index in [1.54, 1.807) is 13.8 Å². The van der Waals surface area contributed by atoms with Gasteiger partial charge >= 0.3 is 11.9 Å². The third kappa shape index (κ3) is 4.34. The van der Waals surface area contributed by atoms with Crippen LogP contribution in [0.4, 0.5) is 10.7 Å². The number of ether oxygens (including phenoxy) is 2. The van der Waals surface area contributed by atoms with Crippen LogP contribution in [0.3, 0.4) is 0 Å². The Morgan fingerprint density at radius 3 is 2.54 bits per heavy atom. The van der Waals surface area contributed by atoms with E-state index in [1.165, 1.54) is 11.3 Å². The summed E-state index contributed by atoms with van der Waals surface area (Å²) in [6, 6.07) is 9.51. The molecular weight excluding hydrogens is 396 g/mol. The van der Waals surface area contributed by atoms with Crippen LogP contribution in [0.15, 0.2) is 30.3 Å². The second kappa shape index (κ2) is 9.16. The van der Waals surface area contributed by atoms with E-state index in [0.717, 1.165) is 17.0 Å². The smallest absolute Gasteiger partial charge is 0.341 e. The normalized spacial score (nSPS) is 14.9. The van der Waals surface area contributed by atoms with Gasteiger partial charge in [-0.05, 0) is 56.6 Å². The Kier molecular flexibility index (Phi) is 6.64. The van der Waals surface area contributed by atoms with E-state index in [9.17, 15) is 9.59 Å². The number of carbonyl (C=O) groups excluding carboxylic acids is 2. The van der Waals surface area contributed by atoms with E-state index in [4.69, 9.17) is 21.7 Å². The molecule has 0 bridgehead atoms. The molecule has 1 aromatic heterocycles. The van der Waals surface area contributed by atoms with Gasteiger partial charge in [-0.1, -0.05) is 18.2 Å². The van der Waals surface area contributed by atoms with Crippen molar-refractivity contribution in [1.82, 2.24) is 0 Å². The molecule has 1 aliphatic rings. The quantitative estimate of drug-likeness (QED) is 0.534. The fourth-order valence-corrected chi connectivity index (χ4v) is 4.78. The number of anilines is 2. The van der Waals surface area contributed by atoms with Crippen LogP contribution in [0.1, 0.15) is 47.0 Å². The molecule has 28 heavy (non-hydrogen) atoms. The number of nitrogens with one attached hydrogen (secondary N) is 2. The Hall–Kier alpha value is -2.45. The van der Waals surface area contributed by atoms with Crippen molar-refractivity contribution >= 4 is 51.3 Å². The van der Waals surface area contributed by atoms with Crippen LogP contribution in [-0.2, 0) is 20.7 Å². The Labute approximate surface area is 173 Å². The minimum absolute atomic E-state index is 0.250. The minimum Gasteiger partial charge on any atom is -0.466 e. The fraction of sp³-hybridized carbons (Fsp3) is 0.350. The topological polar surface area (TPSA) is 76.7 Å². The highest BCUT2D eigenvalue weighted by Gasteiger charge is 2.38. The summed E-state index contributed by atoms with van der Waals surface area (Å²) in [6.45, 7) is 4.08. The van der Waals surface area contributed by atoms with Gasteiger partial charge in [-0.3, -0.25) is 4.79 Å². The van der Waals surface area contributed by atoms with Gasteiger partial charge in [0.1, 0.15) is 5.00 Å². The highest BCUT2D eigenvalue weighted by Crippen LogP contribution is 2.46. The largest absolute Gasteiger partial charge is 0.466 e. The molecule has 1 unspecified atom stereocenters. The molecule has 2 aromatic rings. The highest BCUT2D eigenvalue weighted by molar-refractivity contribution is 7.80. The number of rotatable bonds is 6. The van der Waals surface area contributed by atoms with Gasteiger partial charge in [-0.2, -0.15) is 0 Å². The van der Waals surface area contributed by atoms with E-state index >= 15 is 0 Å². The van der Waals surface area contributed by atoms with Gasteiger partial charge in [-0.25, -0.2) is 4.79 Å². The lowest BCUT2D eigenvalue weighted by molar-refractivity contribution is -0.144. The molecule has 0 saturated carbocycles. The van der Waals surface area contributed by atoms with E-state index in [0.29, 0.717) is 34.3 Å². The number of hydrogen-bond acceptors (Lipinski definition) is 6. The van der Waals surface area contributed by atoms with Crippen molar-refractivity contribution in [2.75, 3.05) is 23.8 Å². The molecule has 1 heterocycles. The first-order valence-corrected chi connectivity index (χ1v) is 10.4. The van der Waals surface area contributed by atoms with E-state index in [1.807, 2.05) is 30.3 Å². The number of esters is 2. The molecule has 1 aromatic carbocycles. The molecule has 148 valence electrons. The van der Waals surface area contributed by atoms with Crippen molar-refractivity contribution in [1.29, 1.82) is 0 Å². The molecular formula is C20H22N2O4S2. The monoisotopic (exact) mass is 418 g/mol. The summed E-state index contributed by atoms with van der Waals surface area (Å²) >= 11 is 6.83. The first kappa shape index (κ1) is 20.3. The predicted molar refractivity (Wildman–Crippen MR) is 114 cm³/mol. The summed E-state index contributed by atoms with van der Waals surface area (Å²) in [4.78, 5) is 26.1. The Morgan fingerprint density at radius 2 is 1.86 bits per heavy atom. The summed E-state index contributed by atoms with van der Waals surface area (Å²) in [7, 11) is 0. The van der Waals surface area contributed by atoms with Crippen molar-refractivity contribution in [2.24, 2.45) is 0 Å². The maximum Gasteiger partial charge on any atom is 0.341 e. The molecule has 2 N–H and O–H groups in total. The van der Waals surface area contributed by atoms with Crippen LogP contribution in [0.2, 0.25) is 0 Å². The van der Waals surface area contributed by atoms with Crippen LogP contribution in [-0.4, -0.2) is 30.3 Å². The lowest BCUT2D eigenvalue weighted by Gasteiger charge is -2.14. The molecule has 6 nitrogen and oxygen atoms in total. The zero-order valence-electron chi connectivity index (χ0n) is 15.7. The van der Waals surface area contributed by atoms with E-state index < -0.39 is 11.9 Å². The second-order valence-corrected chi connectivity index (χ2v) is 7.67. The Morgan fingerprint density at radius 1 is 1.14 bits per heavy atom. The summed E-state index contributed by atoms with van der Waals surface area (Å²) in [5.74, 6) is -1.21. The maximum atomic E-state index is 12.7. The average Bonchev–Trinajstić information content (AvgIpc) is 3.21. The number of thiophene rings is 1. The minimum atomic E-state index is -0.457. The lowest BCUT2D eigenvalue weighted by atomic mass is 9.99. The van der Waals surface area contributed by atoms with Gasteiger partial charge in [-0.15, -0.1) is 11.3 Å². The highest BCUT2D eigenvalue weighted by atomic mass is 32.1.